The maximum absolute atomic E-state index is 9.51. The minimum absolute atomic E-state index is 0.361. The third-order valence-electron chi connectivity index (χ3n) is 1.54. The fourth-order valence-corrected chi connectivity index (χ4v) is 1.20. The molecule has 0 fully saturated rings. The number of nitrogens with zero attached hydrogens (tertiary/aromatic N) is 1. The van der Waals surface area contributed by atoms with E-state index in [1.54, 1.807) is 25.4 Å². The van der Waals surface area contributed by atoms with Gasteiger partial charge in [0, 0.05) is 18.3 Å². The van der Waals surface area contributed by atoms with Crippen molar-refractivity contribution < 1.29 is 5.11 Å². The number of likely N-dealkylation sites (N-methyl/N-ethyl adjacent to an activating group) is 1. The monoisotopic (exact) mass is 186 g/mol. The molecule has 0 aliphatic carbocycles. The van der Waals surface area contributed by atoms with Crippen molar-refractivity contribution in [3.05, 3.63) is 29.0 Å². The molecule has 1 aromatic rings. The molecule has 3 nitrogen and oxygen atoms in total. The zero-order valence-electron chi connectivity index (χ0n) is 6.79. The van der Waals surface area contributed by atoms with Crippen LogP contribution in [-0.2, 0) is 0 Å². The molecular formula is C8H11ClN2O. The summed E-state index contributed by atoms with van der Waals surface area (Å²) in [6, 6.07) is 3.51. The number of rotatable bonds is 3. The summed E-state index contributed by atoms with van der Waals surface area (Å²) in [7, 11) is 1.77. The van der Waals surface area contributed by atoms with Crippen molar-refractivity contribution in [2.24, 2.45) is 0 Å². The second-order valence-electron chi connectivity index (χ2n) is 2.46. The van der Waals surface area contributed by atoms with Gasteiger partial charge in [-0.1, -0.05) is 17.7 Å². The SMILES string of the molecule is CNCC(O)c1cccnc1Cl. The summed E-state index contributed by atoms with van der Waals surface area (Å²) in [6.45, 7) is 0.478. The fraction of sp³-hybridized carbons (Fsp3) is 0.375. The molecule has 0 aliphatic rings. The molecule has 0 saturated heterocycles. The number of aliphatic hydroxyl groups is 1. The van der Waals surface area contributed by atoms with E-state index in [9.17, 15) is 5.11 Å². The van der Waals surface area contributed by atoms with Gasteiger partial charge in [-0.3, -0.25) is 0 Å². The van der Waals surface area contributed by atoms with Gasteiger partial charge < -0.3 is 10.4 Å². The highest BCUT2D eigenvalue weighted by atomic mass is 35.5. The first kappa shape index (κ1) is 9.45. The standard InChI is InChI=1S/C8H11ClN2O/c1-10-5-7(12)6-3-2-4-11-8(6)9/h2-4,7,10,12H,5H2,1H3. The predicted octanol–water partition coefficient (Wildman–Crippen LogP) is 0.988. The van der Waals surface area contributed by atoms with Gasteiger partial charge in [0.05, 0.1) is 6.10 Å². The lowest BCUT2D eigenvalue weighted by Crippen LogP contribution is -2.17. The van der Waals surface area contributed by atoms with E-state index < -0.39 is 6.10 Å². The van der Waals surface area contributed by atoms with Crippen molar-refractivity contribution in [1.29, 1.82) is 0 Å². The molecule has 0 bridgehead atoms. The highest BCUT2D eigenvalue weighted by molar-refractivity contribution is 6.30. The van der Waals surface area contributed by atoms with Crippen molar-refractivity contribution in [1.82, 2.24) is 10.3 Å². The number of hydrogen-bond acceptors (Lipinski definition) is 3. The highest BCUT2D eigenvalue weighted by Crippen LogP contribution is 2.19. The first-order chi connectivity index (χ1) is 5.75. The highest BCUT2D eigenvalue weighted by Gasteiger charge is 2.09. The van der Waals surface area contributed by atoms with Crippen LogP contribution in [0.2, 0.25) is 5.15 Å². The second-order valence-corrected chi connectivity index (χ2v) is 2.81. The van der Waals surface area contributed by atoms with E-state index in [0.29, 0.717) is 17.3 Å². The molecule has 0 radical (unpaired) electrons. The average Bonchev–Trinajstić information content (AvgIpc) is 2.05. The number of pyridine rings is 1. The van der Waals surface area contributed by atoms with Gasteiger partial charge in [-0.05, 0) is 13.1 Å². The Morgan fingerprint density at radius 1 is 1.75 bits per heavy atom. The summed E-state index contributed by atoms with van der Waals surface area (Å²) < 4.78 is 0. The molecule has 1 atom stereocenters. The van der Waals surface area contributed by atoms with E-state index in [-0.39, 0.29) is 0 Å². The van der Waals surface area contributed by atoms with Crippen LogP contribution in [0, 0.1) is 0 Å². The van der Waals surface area contributed by atoms with Gasteiger partial charge >= 0.3 is 0 Å². The Labute approximate surface area is 76.4 Å². The quantitative estimate of drug-likeness (QED) is 0.692. The Morgan fingerprint density at radius 2 is 2.50 bits per heavy atom. The smallest absolute Gasteiger partial charge is 0.134 e. The summed E-state index contributed by atoms with van der Waals surface area (Å²) in [4.78, 5) is 3.86. The van der Waals surface area contributed by atoms with E-state index >= 15 is 0 Å². The lowest BCUT2D eigenvalue weighted by Gasteiger charge is -2.10. The zero-order chi connectivity index (χ0) is 8.97. The molecule has 1 aromatic heterocycles. The summed E-state index contributed by atoms with van der Waals surface area (Å²) in [5.41, 5.74) is 0.661. The van der Waals surface area contributed by atoms with Gasteiger partial charge in [-0.15, -0.1) is 0 Å². The van der Waals surface area contributed by atoms with Crippen LogP contribution in [0.15, 0.2) is 18.3 Å². The normalized spacial score (nSPS) is 12.9. The van der Waals surface area contributed by atoms with Gasteiger partial charge in [0.15, 0.2) is 0 Å². The topological polar surface area (TPSA) is 45.1 Å². The summed E-state index contributed by atoms with van der Waals surface area (Å²) >= 11 is 5.76. The lowest BCUT2D eigenvalue weighted by atomic mass is 10.1. The minimum atomic E-state index is -0.587. The van der Waals surface area contributed by atoms with Crippen LogP contribution < -0.4 is 5.32 Å². The first-order valence-electron chi connectivity index (χ1n) is 3.68. The summed E-state index contributed by atoms with van der Waals surface area (Å²) in [5, 5.41) is 12.7. The fourth-order valence-electron chi connectivity index (χ4n) is 0.950. The van der Waals surface area contributed by atoms with Crippen molar-refractivity contribution >= 4 is 11.6 Å². The van der Waals surface area contributed by atoms with Crippen LogP contribution in [0.3, 0.4) is 0 Å². The van der Waals surface area contributed by atoms with Gasteiger partial charge in [0.25, 0.3) is 0 Å². The van der Waals surface area contributed by atoms with E-state index in [4.69, 9.17) is 11.6 Å². The van der Waals surface area contributed by atoms with Crippen LogP contribution >= 0.6 is 11.6 Å². The van der Waals surface area contributed by atoms with E-state index in [1.807, 2.05) is 0 Å². The van der Waals surface area contributed by atoms with Crippen LogP contribution in [0.5, 0.6) is 0 Å². The molecule has 1 heterocycles. The number of hydrogen-bond donors (Lipinski definition) is 2. The maximum Gasteiger partial charge on any atom is 0.134 e. The number of nitrogens with one attached hydrogen (secondary N) is 1. The average molecular weight is 187 g/mol. The Kier molecular flexibility index (Phi) is 3.47. The number of aliphatic hydroxyl groups excluding tert-OH is 1. The summed E-state index contributed by atoms with van der Waals surface area (Å²) in [6.07, 6.45) is 1.01. The number of halogens is 1. The Hall–Kier alpha value is -0.640. The van der Waals surface area contributed by atoms with Crippen molar-refractivity contribution in [2.75, 3.05) is 13.6 Å². The molecule has 4 heteroatoms. The molecule has 2 N–H and O–H groups in total. The third kappa shape index (κ3) is 2.17. The van der Waals surface area contributed by atoms with Crippen molar-refractivity contribution in [3.63, 3.8) is 0 Å². The molecule has 0 amide bonds. The first-order valence-corrected chi connectivity index (χ1v) is 4.06. The Balaban J connectivity index is 2.79. The number of aromatic nitrogens is 1. The van der Waals surface area contributed by atoms with Gasteiger partial charge in [0.1, 0.15) is 5.15 Å². The van der Waals surface area contributed by atoms with E-state index in [0.717, 1.165) is 0 Å². The van der Waals surface area contributed by atoms with Crippen LogP contribution in [-0.4, -0.2) is 23.7 Å². The maximum atomic E-state index is 9.51. The van der Waals surface area contributed by atoms with Crippen molar-refractivity contribution in [2.45, 2.75) is 6.10 Å². The molecule has 1 unspecified atom stereocenters. The molecular weight excluding hydrogens is 176 g/mol. The third-order valence-corrected chi connectivity index (χ3v) is 1.86. The molecule has 0 spiro atoms. The van der Waals surface area contributed by atoms with Gasteiger partial charge in [-0.25, -0.2) is 4.98 Å². The molecule has 0 aromatic carbocycles. The molecule has 12 heavy (non-hydrogen) atoms. The molecule has 0 saturated carbocycles. The second kappa shape index (κ2) is 4.40. The van der Waals surface area contributed by atoms with Crippen LogP contribution in [0.25, 0.3) is 0 Å². The largest absolute Gasteiger partial charge is 0.387 e. The molecule has 0 aliphatic heterocycles. The van der Waals surface area contributed by atoms with Crippen LogP contribution in [0.4, 0.5) is 0 Å². The van der Waals surface area contributed by atoms with E-state index in [1.165, 1.54) is 0 Å². The van der Waals surface area contributed by atoms with Gasteiger partial charge in [0.2, 0.25) is 0 Å². The zero-order valence-corrected chi connectivity index (χ0v) is 7.54. The predicted molar refractivity (Wildman–Crippen MR) is 48.1 cm³/mol. The molecule has 66 valence electrons. The van der Waals surface area contributed by atoms with E-state index in [2.05, 4.69) is 10.3 Å². The van der Waals surface area contributed by atoms with Gasteiger partial charge in [-0.2, -0.15) is 0 Å². The Bertz CT molecular complexity index is 255. The lowest BCUT2D eigenvalue weighted by molar-refractivity contribution is 0.177. The van der Waals surface area contributed by atoms with Crippen LogP contribution in [0.1, 0.15) is 11.7 Å². The molecule has 1 rings (SSSR count). The van der Waals surface area contributed by atoms with Crippen molar-refractivity contribution in [3.8, 4) is 0 Å². The minimum Gasteiger partial charge on any atom is -0.387 e. The Morgan fingerprint density at radius 3 is 3.08 bits per heavy atom. The summed E-state index contributed by atoms with van der Waals surface area (Å²) in [5.74, 6) is 0.